The minimum atomic E-state index is -0.412. The van der Waals surface area contributed by atoms with Gasteiger partial charge in [-0.1, -0.05) is 12.1 Å². The van der Waals surface area contributed by atoms with Gasteiger partial charge in [-0.3, -0.25) is 9.69 Å². The molecule has 1 saturated heterocycles. The smallest absolute Gasteiger partial charge is 0.236 e. The number of nitrogens with two attached hydrogens (primary N) is 1. The van der Waals surface area contributed by atoms with Crippen LogP contribution in [0, 0.1) is 6.92 Å². The lowest BCUT2D eigenvalue weighted by atomic mass is 10.2. The SMILES string of the molecule is Cc1cccc(N2CCN(CCCCNC(=O)C(C)N)CC2)c1.Cl. The Hall–Kier alpha value is -1.30. The Morgan fingerprint density at radius 3 is 2.58 bits per heavy atom. The quantitative estimate of drug-likeness (QED) is 0.733. The molecule has 1 atom stereocenters. The highest BCUT2D eigenvalue weighted by Crippen LogP contribution is 2.17. The van der Waals surface area contributed by atoms with Crippen molar-refractivity contribution in [1.29, 1.82) is 0 Å². The molecule has 0 aliphatic carbocycles. The second-order valence-corrected chi connectivity index (χ2v) is 6.45. The molecule has 1 aliphatic rings. The van der Waals surface area contributed by atoms with Crippen LogP contribution < -0.4 is 16.0 Å². The summed E-state index contributed by atoms with van der Waals surface area (Å²) < 4.78 is 0. The summed E-state index contributed by atoms with van der Waals surface area (Å²) in [6, 6.07) is 8.32. The molecule has 1 amide bonds. The first-order chi connectivity index (χ1) is 11.1. The molecule has 1 aliphatic heterocycles. The maximum Gasteiger partial charge on any atom is 0.236 e. The standard InChI is InChI=1S/C18H30N4O.ClH/c1-15-6-5-7-17(14-15)22-12-10-21(11-13-22)9-4-3-8-20-18(23)16(2)19;/h5-7,14,16H,3-4,8-13,19H2,1-2H3,(H,20,23);1H. The second-order valence-electron chi connectivity index (χ2n) is 6.45. The number of benzene rings is 1. The summed E-state index contributed by atoms with van der Waals surface area (Å²) in [6.45, 7) is 10.1. The minimum absolute atomic E-state index is 0. The van der Waals surface area contributed by atoms with Crippen LogP contribution >= 0.6 is 12.4 Å². The Bertz CT molecular complexity index is 502. The van der Waals surface area contributed by atoms with E-state index in [9.17, 15) is 4.79 Å². The van der Waals surface area contributed by atoms with Gasteiger partial charge in [0.15, 0.2) is 0 Å². The number of carbonyl (C=O) groups is 1. The fourth-order valence-electron chi connectivity index (χ4n) is 2.89. The maximum absolute atomic E-state index is 11.4. The molecule has 5 nitrogen and oxygen atoms in total. The van der Waals surface area contributed by atoms with Crippen LogP contribution in [-0.4, -0.2) is 56.1 Å². The van der Waals surface area contributed by atoms with Crippen molar-refractivity contribution in [2.24, 2.45) is 5.73 Å². The normalized spacial score (nSPS) is 16.4. The summed E-state index contributed by atoms with van der Waals surface area (Å²) in [4.78, 5) is 16.3. The zero-order chi connectivity index (χ0) is 16.7. The lowest BCUT2D eigenvalue weighted by molar-refractivity contribution is -0.121. The number of halogens is 1. The predicted molar refractivity (Wildman–Crippen MR) is 103 cm³/mol. The van der Waals surface area contributed by atoms with Crippen LogP contribution in [0.15, 0.2) is 24.3 Å². The molecule has 24 heavy (non-hydrogen) atoms. The van der Waals surface area contributed by atoms with Gasteiger partial charge in [0.1, 0.15) is 0 Å². The van der Waals surface area contributed by atoms with Gasteiger partial charge < -0.3 is 16.0 Å². The highest BCUT2D eigenvalue weighted by atomic mass is 35.5. The first-order valence-electron chi connectivity index (χ1n) is 8.63. The lowest BCUT2D eigenvalue weighted by Gasteiger charge is -2.36. The fraction of sp³-hybridized carbons (Fsp3) is 0.611. The number of anilines is 1. The summed E-state index contributed by atoms with van der Waals surface area (Å²) in [5, 5.41) is 2.86. The molecule has 0 radical (unpaired) electrons. The molecule has 6 heteroatoms. The molecule has 1 aromatic carbocycles. The van der Waals surface area contributed by atoms with Crippen molar-refractivity contribution in [1.82, 2.24) is 10.2 Å². The van der Waals surface area contributed by atoms with E-state index in [2.05, 4.69) is 46.3 Å². The van der Waals surface area contributed by atoms with Crippen molar-refractivity contribution in [3.05, 3.63) is 29.8 Å². The van der Waals surface area contributed by atoms with Crippen LogP contribution in [0.5, 0.6) is 0 Å². The van der Waals surface area contributed by atoms with Crippen LogP contribution in [0.2, 0.25) is 0 Å². The number of aryl methyl sites for hydroxylation is 1. The van der Waals surface area contributed by atoms with Gasteiger partial charge >= 0.3 is 0 Å². The second kappa shape index (κ2) is 10.5. The van der Waals surface area contributed by atoms with Crippen molar-refractivity contribution in [2.45, 2.75) is 32.7 Å². The van der Waals surface area contributed by atoms with Crippen molar-refractivity contribution in [2.75, 3.05) is 44.2 Å². The average Bonchev–Trinajstić information content (AvgIpc) is 2.55. The number of carbonyl (C=O) groups excluding carboxylic acids is 1. The van der Waals surface area contributed by atoms with Crippen LogP contribution in [0.25, 0.3) is 0 Å². The molecule has 0 spiro atoms. The first-order valence-corrected chi connectivity index (χ1v) is 8.63. The number of rotatable bonds is 7. The molecule has 1 aromatic rings. The van der Waals surface area contributed by atoms with E-state index in [0.717, 1.165) is 52.1 Å². The molecular weight excluding hydrogens is 324 g/mol. The van der Waals surface area contributed by atoms with Gasteiger partial charge in [0, 0.05) is 38.4 Å². The Morgan fingerprint density at radius 2 is 1.96 bits per heavy atom. The van der Waals surface area contributed by atoms with Gasteiger partial charge in [-0.15, -0.1) is 12.4 Å². The highest BCUT2D eigenvalue weighted by molar-refractivity contribution is 5.85. The maximum atomic E-state index is 11.4. The molecule has 0 saturated carbocycles. The lowest BCUT2D eigenvalue weighted by Crippen LogP contribution is -2.46. The number of hydrogen-bond acceptors (Lipinski definition) is 4. The number of unbranched alkanes of at least 4 members (excludes halogenated alkanes) is 1. The zero-order valence-corrected chi connectivity index (χ0v) is 15.6. The highest BCUT2D eigenvalue weighted by Gasteiger charge is 2.16. The van der Waals surface area contributed by atoms with E-state index in [4.69, 9.17) is 5.73 Å². The number of nitrogens with one attached hydrogen (secondary N) is 1. The third kappa shape index (κ3) is 6.67. The molecule has 0 bridgehead atoms. The first kappa shape index (κ1) is 20.7. The Kier molecular flexibility index (Phi) is 9.11. The minimum Gasteiger partial charge on any atom is -0.369 e. The van der Waals surface area contributed by atoms with Crippen molar-refractivity contribution >= 4 is 24.0 Å². The van der Waals surface area contributed by atoms with Crippen LogP contribution in [0.3, 0.4) is 0 Å². The van der Waals surface area contributed by atoms with E-state index < -0.39 is 6.04 Å². The average molecular weight is 355 g/mol. The molecule has 1 unspecified atom stereocenters. The number of piperazine rings is 1. The van der Waals surface area contributed by atoms with Gasteiger partial charge in [0.05, 0.1) is 6.04 Å². The van der Waals surface area contributed by atoms with E-state index in [1.165, 1.54) is 11.3 Å². The van der Waals surface area contributed by atoms with Crippen molar-refractivity contribution < 1.29 is 4.79 Å². The molecule has 1 heterocycles. The van der Waals surface area contributed by atoms with Gasteiger partial charge in [0.2, 0.25) is 5.91 Å². The topological polar surface area (TPSA) is 61.6 Å². The molecule has 2 rings (SSSR count). The fourth-order valence-corrected chi connectivity index (χ4v) is 2.89. The van der Waals surface area contributed by atoms with E-state index in [0.29, 0.717) is 0 Å². The van der Waals surface area contributed by atoms with Gasteiger partial charge in [0.25, 0.3) is 0 Å². The number of hydrogen-bond donors (Lipinski definition) is 2. The monoisotopic (exact) mass is 354 g/mol. The van der Waals surface area contributed by atoms with E-state index >= 15 is 0 Å². The number of nitrogens with zero attached hydrogens (tertiary/aromatic N) is 2. The molecule has 0 aromatic heterocycles. The largest absolute Gasteiger partial charge is 0.369 e. The third-order valence-electron chi connectivity index (χ3n) is 4.35. The van der Waals surface area contributed by atoms with Crippen molar-refractivity contribution in [3.63, 3.8) is 0 Å². The third-order valence-corrected chi connectivity index (χ3v) is 4.35. The zero-order valence-electron chi connectivity index (χ0n) is 14.8. The van der Waals surface area contributed by atoms with Gasteiger partial charge in [-0.25, -0.2) is 0 Å². The molecule has 136 valence electrons. The van der Waals surface area contributed by atoms with Gasteiger partial charge in [-0.05, 0) is 50.9 Å². The van der Waals surface area contributed by atoms with Crippen LogP contribution in [0.1, 0.15) is 25.3 Å². The summed E-state index contributed by atoms with van der Waals surface area (Å²) in [7, 11) is 0. The van der Waals surface area contributed by atoms with Gasteiger partial charge in [-0.2, -0.15) is 0 Å². The molecule has 3 N–H and O–H groups in total. The Morgan fingerprint density at radius 1 is 1.25 bits per heavy atom. The summed E-state index contributed by atoms with van der Waals surface area (Å²) in [6.07, 6.45) is 2.13. The summed E-state index contributed by atoms with van der Waals surface area (Å²) >= 11 is 0. The Balaban J connectivity index is 0.00000288. The Labute approximate surface area is 152 Å². The van der Waals surface area contributed by atoms with E-state index in [1.54, 1.807) is 6.92 Å². The molecular formula is C18H31ClN4O. The summed E-state index contributed by atoms with van der Waals surface area (Å²) in [5.41, 5.74) is 8.17. The van der Waals surface area contributed by atoms with E-state index in [1.807, 2.05) is 0 Å². The van der Waals surface area contributed by atoms with E-state index in [-0.39, 0.29) is 18.3 Å². The number of amides is 1. The molecule has 1 fully saturated rings. The van der Waals surface area contributed by atoms with Crippen molar-refractivity contribution in [3.8, 4) is 0 Å². The van der Waals surface area contributed by atoms with Crippen LogP contribution in [-0.2, 0) is 4.79 Å². The predicted octanol–water partition coefficient (Wildman–Crippen LogP) is 1.78. The van der Waals surface area contributed by atoms with Crippen LogP contribution in [0.4, 0.5) is 5.69 Å². The summed E-state index contributed by atoms with van der Waals surface area (Å²) in [5.74, 6) is -0.0585.